The second kappa shape index (κ2) is 6.57. The molecule has 2 aromatic rings. The van der Waals surface area contributed by atoms with Gasteiger partial charge in [-0.15, -0.1) is 0 Å². The molecule has 0 unspecified atom stereocenters. The van der Waals surface area contributed by atoms with Crippen LogP contribution in [0.3, 0.4) is 0 Å². The third-order valence-electron chi connectivity index (χ3n) is 3.12. The molecule has 3 nitrogen and oxygen atoms in total. The number of anilines is 1. The quantitative estimate of drug-likeness (QED) is 0.859. The Hall–Kier alpha value is -1.81. The fourth-order valence-corrected chi connectivity index (χ4v) is 2.41. The highest BCUT2D eigenvalue weighted by Crippen LogP contribution is 2.19. The molecule has 0 spiro atoms. The molecular formula is C16H17BrN2O. The van der Waals surface area contributed by atoms with Crippen molar-refractivity contribution in [1.82, 2.24) is 5.32 Å². The lowest BCUT2D eigenvalue weighted by Gasteiger charge is -2.12. The van der Waals surface area contributed by atoms with Crippen LogP contribution in [0.15, 0.2) is 46.9 Å². The molecule has 0 bridgehead atoms. The van der Waals surface area contributed by atoms with Crippen molar-refractivity contribution in [2.75, 3.05) is 5.32 Å². The molecule has 0 aliphatic heterocycles. The maximum atomic E-state index is 12.0. The van der Waals surface area contributed by atoms with Crippen LogP contribution in [0.2, 0.25) is 0 Å². The van der Waals surface area contributed by atoms with Gasteiger partial charge in [0, 0.05) is 16.7 Å². The molecule has 0 aliphatic rings. The summed E-state index contributed by atoms with van der Waals surface area (Å²) in [5.74, 6) is 0. The Morgan fingerprint density at radius 3 is 2.35 bits per heavy atom. The number of urea groups is 1. The first-order chi connectivity index (χ1) is 9.58. The van der Waals surface area contributed by atoms with Gasteiger partial charge >= 0.3 is 6.03 Å². The Balaban J connectivity index is 1.98. The van der Waals surface area contributed by atoms with Gasteiger partial charge in [0.25, 0.3) is 0 Å². The number of nitrogens with one attached hydrogen (secondary N) is 2. The minimum absolute atomic E-state index is 0.196. The van der Waals surface area contributed by atoms with E-state index >= 15 is 0 Å². The summed E-state index contributed by atoms with van der Waals surface area (Å²) in [6.07, 6.45) is 0. The predicted octanol–water partition coefficient (Wildman–Crippen LogP) is 4.39. The van der Waals surface area contributed by atoms with Crippen LogP contribution in [0.5, 0.6) is 0 Å². The third-order valence-corrected chi connectivity index (χ3v) is 3.89. The van der Waals surface area contributed by atoms with Crippen LogP contribution in [-0.4, -0.2) is 6.03 Å². The SMILES string of the molecule is Cc1cccc(C)c1NC(=O)NCc1ccccc1Br. The molecule has 104 valence electrons. The van der Waals surface area contributed by atoms with E-state index in [-0.39, 0.29) is 6.03 Å². The number of halogens is 1. The van der Waals surface area contributed by atoms with Gasteiger partial charge in [-0.2, -0.15) is 0 Å². The molecule has 0 saturated heterocycles. The summed E-state index contributed by atoms with van der Waals surface area (Å²) in [5, 5.41) is 5.77. The van der Waals surface area contributed by atoms with Crippen LogP contribution in [0.1, 0.15) is 16.7 Å². The topological polar surface area (TPSA) is 41.1 Å². The zero-order chi connectivity index (χ0) is 14.5. The van der Waals surface area contributed by atoms with E-state index in [0.717, 1.165) is 26.9 Å². The molecule has 2 aromatic carbocycles. The Bertz CT molecular complexity index is 605. The maximum absolute atomic E-state index is 12.0. The van der Waals surface area contributed by atoms with Gasteiger partial charge in [0.15, 0.2) is 0 Å². The first kappa shape index (κ1) is 14.6. The van der Waals surface area contributed by atoms with Crippen LogP contribution in [0.25, 0.3) is 0 Å². The maximum Gasteiger partial charge on any atom is 0.319 e. The van der Waals surface area contributed by atoms with Crippen molar-refractivity contribution in [1.29, 1.82) is 0 Å². The monoisotopic (exact) mass is 332 g/mol. The van der Waals surface area contributed by atoms with Crippen molar-refractivity contribution in [2.24, 2.45) is 0 Å². The summed E-state index contributed by atoms with van der Waals surface area (Å²) in [7, 11) is 0. The number of para-hydroxylation sites is 1. The van der Waals surface area contributed by atoms with Crippen molar-refractivity contribution in [3.63, 3.8) is 0 Å². The largest absolute Gasteiger partial charge is 0.334 e. The molecule has 20 heavy (non-hydrogen) atoms. The van der Waals surface area contributed by atoms with Gasteiger partial charge in [-0.25, -0.2) is 4.79 Å². The smallest absolute Gasteiger partial charge is 0.319 e. The van der Waals surface area contributed by atoms with Crippen molar-refractivity contribution in [3.05, 3.63) is 63.6 Å². The molecule has 4 heteroatoms. The second-order valence-corrected chi connectivity index (χ2v) is 5.52. The van der Waals surface area contributed by atoms with Gasteiger partial charge in [-0.05, 0) is 36.6 Å². The van der Waals surface area contributed by atoms with Gasteiger partial charge in [0.1, 0.15) is 0 Å². The van der Waals surface area contributed by atoms with Crippen LogP contribution in [-0.2, 0) is 6.54 Å². The van der Waals surface area contributed by atoms with Gasteiger partial charge < -0.3 is 10.6 Å². The average molecular weight is 333 g/mol. The molecule has 2 rings (SSSR count). The number of carbonyl (C=O) groups is 1. The van der Waals surface area contributed by atoms with Gasteiger partial charge in [0.2, 0.25) is 0 Å². The number of benzene rings is 2. The average Bonchev–Trinajstić information content (AvgIpc) is 2.42. The molecule has 0 atom stereocenters. The number of hydrogen-bond acceptors (Lipinski definition) is 1. The van der Waals surface area contributed by atoms with Crippen molar-refractivity contribution >= 4 is 27.6 Å². The summed E-state index contributed by atoms with van der Waals surface area (Å²) in [6, 6.07) is 13.6. The number of hydrogen-bond donors (Lipinski definition) is 2. The Morgan fingerprint density at radius 2 is 1.70 bits per heavy atom. The molecule has 2 amide bonds. The minimum atomic E-state index is -0.196. The summed E-state index contributed by atoms with van der Waals surface area (Å²) < 4.78 is 0.993. The van der Waals surface area contributed by atoms with E-state index < -0.39 is 0 Å². The summed E-state index contributed by atoms with van der Waals surface area (Å²) in [6.45, 7) is 4.45. The van der Waals surface area contributed by atoms with Crippen LogP contribution >= 0.6 is 15.9 Å². The number of rotatable bonds is 3. The van der Waals surface area contributed by atoms with E-state index in [2.05, 4.69) is 26.6 Å². The first-order valence-electron chi connectivity index (χ1n) is 6.42. The van der Waals surface area contributed by atoms with Gasteiger partial charge in [-0.3, -0.25) is 0 Å². The summed E-state index contributed by atoms with van der Waals surface area (Å²) >= 11 is 3.46. The normalized spacial score (nSPS) is 10.2. The standard InChI is InChI=1S/C16H17BrN2O/c1-11-6-5-7-12(2)15(11)19-16(20)18-10-13-8-3-4-9-14(13)17/h3-9H,10H2,1-2H3,(H2,18,19,20). The highest BCUT2D eigenvalue weighted by molar-refractivity contribution is 9.10. The summed E-state index contributed by atoms with van der Waals surface area (Å²) in [5.41, 5.74) is 4.03. The molecule has 0 heterocycles. The fourth-order valence-electron chi connectivity index (χ4n) is 1.99. The van der Waals surface area contributed by atoms with E-state index in [4.69, 9.17) is 0 Å². The van der Waals surface area contributed by atoms with Crippen molar-refractivity contribution in [2.45, 2.75) is 20.4 Å². The molecule has 0 radical (unpaired) electrons. The molecule has 0 aromatic heterocycles. The lowest BCUT2D eigenvalue weighted by Crippen LogP contribution is -2.28. The minimum Gasteiger partial charge on any atom is -0.334 e. The second-order valence-electron chi connectivity index (χ2n) is 4.67. The molecule has 0 aliphatic carbocycles. The zero-order valence-corrected chi connectivity index (χ0v) is 13.1. The fraction of sp³-hybridized carbons (Fsp3) is 0.188. The van der Waals surface area contributed by atoms with E-state index in [1.165, 1.54) is 0 Å². The van der Waals surface area contributed by atoms with Crippen molar-refractivity contribution in [3.8, 4) is 0 Å². The molecule has 0 saturated carbocycles. The van der Waals surface area contributed by atoms with E-state index in [9.17, 15) is 4.79 Å². The van der Waals surface area contributed by atoms with Crippen LogP contribution in [0.4, 0.5) is 10.5 Å². The van der Waals surface area contributed by atoms with E-state index in [1.807, 2.05) is 56.3 Å². The number of amides is 2. The lowest BCUT2D eigenvalue weighted by molar-refractivity contribution is 0.251. The van der Waals surface area contributed by atoms with E-state index in [1.54, 1.807) is 0 Å². The third kappa shape index (κ3) is 3.61. The molecule has 2 N–H and O–H groups in total. The number of carbonyl (C=O) groups excluding carboxylic acids is 1. The van der Waals surface area contributed by atoms with Gasteiger partial charge in [-0.1, -0.05) is 52.3 Å². The number of aryl methyl sites for hydroxylation is 2. The highest BCUT2D eigenvalue weighted by atomic mass is 79.9. The van der Waals surface area contributed by atoms with Crippen molar-refractivity contribution < 1.29 is 4.79 Å². The lowest BCUT2D eigenvalue weighted by atomic mass is 10.1. The highest BCUT2D eigenvalue weighted by Gasteiger charge is 2.07. The Kier molecular flexibility index (Phi) is 4.79. The Labute approximate surface area is 127 Å². The van der Waals surface area contributed by atoms with Crippen LogP contribution < -0.4 is 10.6 Å². The zero-order valence-electron chi connectivity index (χ0n) is 11.5. The predicted molar refractivity (Wildman–Crippen MR) is 85.9 cm³/mol. The van der Waals surface area contributed by atoms with E-state index in [0.29, 0.717) is 6.54 Å². The first-order valence-corrected chi connectivity index (χ1v) is 7.21. The van der Waals surface area contributed by atoms with Gasteiger partial charge in [0.05, 0.1) is 0 Å². The molecular weight excluding hydrogens is 316 g/mol. The Morgan fingerprint density at radius 1 is 1.05 bits per heavy atom. The molecule has 0 fully saturated rings. The van der Waals surface area contributed by atoms with Crippen LogP contribution in [0, 0.1) is 13.8 Å². The summed E-state index contributed by atoms with van der Waals surface area (Å²) in [4.78, 5) is 12.0.